The SMILES string of the molecule is CC1(c2ccccc2)C2=C(C=CCC2)c2ccc(-c3ccc(N(c4ccccc4-c4cccc5c4sc4ccccc45)c4ccccc4-c4cccc5cccc(-c6ccccc6)c45)cc3)cc21. The van der Waals surface area contributed by atoms with Gasteiger partial charge in [-0.15, -0.1) is 11.3 Å². The molecule has 13 rings (SSSR count). The van der Waals surface area contributed by atoms with Crippen LogP contribution in [0.4, 0.5) is 17.1 Å². The fourth-order valence-corrected chi connectivity index (χ4v) is 12.7. The van der Waals surface area contributed by atoms with Crippen LogP contribution in [-0.2, 0) is 5.41 Å². The first-order valence-corrected chi connectivity index (χ1v) is 24.6. The maximum atomic E-state index is 2.50. The van der Waals surface area contributed by atoms with Crippen molar-refractivity contribution in [3.05, 3.63) is 265 Å². The van der Waals surface area contributed by atoms with Gasteiger partial charge in [-0.3, -0.25) is 0 Å². The van der Waals surface area contributed by atoms with Gasteiger partial charge in [-0.1, -0.05) is 206 Å². The van der Waals surface area contributed by atoms with Gasteiger partial charge in [-0.2, -0.15) is 0 Å². The molecule has 322 valence electrons. The topological polar surface area (TPSA) is 3.24 Å². The Morgan fingerprint density at radius 2 is 1.06 bits per heavy atom. The van der Waals surface area contributed by atoms with E-state index in [1.54, 1.807) is 0 Å². The lowest BCUT2D eigenvalue weighted by molar-refractivity contribution is 0.652. The normalized spacial score (nSPS) is 15.2. The number of hydrogen-bond acceptors (Lipinski definition) is 2. The lowest BCUT2D eigenvalue weighted by atomic mass is 9.71. The number of anilines is 3. The van der Waals surface area contributed by atoms with Crippen molar-refractivity contribution in [2.45, 2.75) is 25.2 Å². The van der Waals surface area contributed by atoms with Crippen LogP contribution in [0.25, 0.3) is 81.0 Å². The lowest BCUT2D eigenvalue weighted by Crippen LogP contribution is -2.24. The Morgan fingerprint density at radius 3 is 1.84 bits per heavy atom. The van der Waals surface area contributed by atoms with Crippen LogP contribution in [-0.4, -0.2) is 0 Å². The predicted octanol–water partition coefficient (Wildman–Crippen LogP) is 18.8. The summed E-state index contributed by atoms with van der Waals surface area (Å²) < 4.78 is 2.61. The van der Waals surface area contributed by atoms with E-state index in [0.29, 0.717) is 0 Å². The first-order valence-electron chi connectivity index (χ1n) is 23.8. The number of rotatable bonds is 8. The van der Waals surface area contributed by atoms with E-state index in [4.69, 9.17) is 0 Å². The van der Waals surface area contributed by atoms with Crippen LogP contribution in [0.3, 0.4) is 0 Å². The van der Waals surface area contributed by atoms with Crippen LogP contribution in [0.2, 0.25) is 0 Å². The molecule has 11 aromatic rings. The van der Waals surface area contributed by atoms with Gasteiger partial charge < -0.3 is 4.90 Å². The molecule has 2 heteroatoms. The van der Waals surface area contributed by atoms with Crippen molar-refractivity contribution in [2.75, 3.05) is 4.90 Å². The van der Waals surface area contributed by atoms with Crippen LogP contribution in [0.15, 0.2) is 248 Å². The number of para-hydroxylation sites is 2. The second kappa shape index (κ2) is 16.4. The molecule has 0 amide bonds. The molecule has 0 spiro atoms. The molecule has 10 aromatic carbocycles. The maximum absolute atomic E-state index is 2.50. The van der Waals surface area contributed by atoms with Crippen molar-refractivity contribution >= 4 is 64.9 Å². The van der Waals surface area contributed by atoms with Crippen LogP contribution >= 0.6 is 11.3 Å². The summed E-state index contributed by atoms with van der Waals surface area (Å²) in [5.41, 5.74) is 19.9. The highest BCUT2D eigenvalue weighted by Gasteiger charge is 2.42. The summed E-state index contributed by atoms with van der Waals surface area (Å²) in [6.07, 6.45) is 6.88. The minimum atomic E-state index is -0.184. The molecule has 68 heavy (non-hydrogen) atoms. The van der Waals surface area contributed by atoms with Gasteiger partial charge in [0.2, 0.25) is 0 Å². The molecule has 1 unspecified atom stereocenters. The Labute approximate surface area is 402 Å². The van der Waals surface area contributed by atoms with Crippen molar-refractivity contribution in [3.8, 4) is 44.5 Å². The summed E-state index contributed by atoms with van der Waals surface area (Å²) in [6, 6.07) is 85.5. The summed E-state index contributed by atoms with van der Waals surface area (Å²) in [7, 11) is 0. The number of fused-ring (bicyclic) bond motifs is 6. The van der Waals surface area contributed by atoms with Gasteiger partial charge in [-0.05, 0) is 123 Å². The fourth-order valence-electron chi connectivity index (χ4n) is 11.5. The van der Waals surface area contributed by atoms with Gasteiger partial charge in [-0.25, -0.2) is 0 Å². The lowest BCUT2D eigenvalue weighted by Gasteiger charge is -2.32. The van der Waals surface area contributed by atoms with E-state index in [9.17, 15) is 0 Å². The molecule has 1 heterocycles. The van der Waals surface area contributed by atoms with E-state index in [1.807, 2.05) is 11.3 Å². The van der Waals surface area contributed by atoms with E-state index in [0.717, 1.165) is 29.9 Å². The van der Waals surface area contributed by atoms with Crippen LogP contribution < -0.4 is 4.90 Å². The molecule has 0 N–H and O–H groups in total. The number of nitrogens with zero attached hydrogens (tertiary/aromatic N) is 1. The molecule has 2 aliphatic rings. The van der Waals surface area contributed by atoms with Crippen LogP contribution in [0.1, 0.15) is 36.5 Å². The Balaban J connectivity index is 1.00. The highest BCUT2D eigenvalue weighted by molar-refractivity contribution is 7.26. The van der Waals surface area contributed by atoms with E-state index in [-0.39, 0.29) is 5.41 Å². The average molecular weight is 886 g/mol. The van der Waals surface area contributed by atoms with Gasteiger partial charge in [0.1, 0.15) is 0 Å². The number of allylic oxidation sites excluding steroid dienone is 4. The molecule has 0 aliphatic heterocycles. The fraction of sp³-hybridized carbons (Fsp3) is 0.0606. The first-order chi connectivity index (χ1) is 33.6. The quantitative estimate of drug-likeness (QED) is 0.147. The van der Waals surface area contributed by atoms with Crippen LogP contribution in [0, 0.1) is 0 Å². The summed E-state index contributed by atoms with van der Waals surface area (Å²) >= 11 is 1.88. The monoisotopic (exact) mass is 885 g/mol. The molecule has 0 saturated carbocycles. The van der Waals surface area contributed by atoms with E-state index in [1.165, 1.54) is 103 Å². The zero-order valence-corrected chi connectivity index (χ0v) is 38.7. The minimum absolute atomic E-state index is 0.184. The molecule has 1 atom stereocenters. The highest BCUT2D eigenvalue weighted by Crippen LogP contribution is 2.55. The number of benzene rings is 10. The Hall–Kier alpha value is -8.04. The number of thiophene rings is 1. The largest absolute Gasteiger partial charge is 0.309 e. The molecule has 2 aliphatic carbocycles. The first kappa shape index (κ1) is 40.3. The van der Waals surface area contributed by atoms with Gasteiger partial charge in [0.05, 0.1) is 11.4 Å². The Kier molecular flexibility index (Phi) is 9.70. The second-order valence-electron chi connectivity index (χ2n) is 18.4. The predicted molar refractivity (Wildman–Crippen MR) is 291 cm³/mol. The highest BCUT2D eigenvalue weighted by atomic mass is 32.1. The van der Waals surface area contributed by atoms with Crippen molar-refractivity contribution in [1.82, 2.24) is 0 Å². The third-order valence-electron chi connectivity index (χ3n) is 14.7. The van der Waals surface area contributed by atoms with Crippen molar-refractivity contribution in [3.63, 3.8) is 0 Å². The average Bonchev–Trinajstić information content (AvgIpc) is 3.92. The molecule has 0 fully saturated rings. The van der Waals surface area contributed by atoms with Gasteiger partial charge in [0.15, 0.2) is 0 Å². The molecule has 1 nitrogen and oxygen atoms in total. The second-order valence-corrected chi connectivity index (χ2v) is 19.4. The number of hydrogen-bond donors (Lipinski definition) is 0. The Morgan fingerprint density at radius 1 is 0.456 bits per heavy atom. The summed E-state index contributed by atoms with van der Waals surface area (Å²) in [6.45, 7) is 2.44. The third kappa shape index (κ3) is 6.43. The van der Waals surface area contributed by atoms with Gasteiger partial charge in [0, 0.05) is 48.0 Å². The summed E-state index contributed by atoms with van der Waals surface area (Å²) in [5, 5.41) is 5.07. The standard InChI is InChI=1S/C66H47NS/c1-66(48-23-6-3-7-24-48)59-33-12-8-25-51(59)52-42-39-47(43-60(52)66)44-37-40-49(41-38-44)67(62-35-14-10-27-54(62)57-31-18-32-58-55-28-11-15-36-63(55)68-65(57)58)61-34-13-9-26-53(61)56-30-17-22-46-21-16-29-50(64(46)56)45-19-4-2-5-20-45/h2-11,13-32,34-43H,12,33H2,1H3. The molecule has 1 aromatic heterocycles. The van der Waals surface area contributed by atoms with Gasteiger partial charge >= 0.3 is 0 Å². The molecule has 0 bridgehead atoms. The molecular weight excluding hydrogens is 839 g/mol. The van der Waals surface area contributed by atoms with Crippen molar-refractivity contribution < 1.29 is 0 Å². The van der Waals surface area contributed by atoms with Crippen LogP contribution in [0.5, 0.6) is 0 Å². The van der Waals surface area contributed by atoms with E-state index < -0.39 is 0 Å². The van der Waals surface area contributed by atoms with Crippen molar-refractivity contribution in [1.29, 1.82) is 0 Å². The molecular formula is C66H47NS. The Bertz CT molecular complexity index is 3790. The molecule has 0 saturated heterocycles. The third-order valence-corrected chi connectivity index (χ3v) is 15.9. The summed E-state index contributed by atoms with van der Waals surface area (Å²) in [5.74, 6) is 0. The molecule has 0 radical (unpaired) electrons. The minimum Gasteiger partial charge on any atom is -0.309 e. The van der Waals surface area contributed by atoms with E-state index in [2.05, 4.69) is 254 Å². The van der Waals surface area contributed by atoms with E-state index >= 15 is 0 Å². The van der Waals surface area contributed by atoms with Gasteiger partial charge in [0.25, 0.3) is 0 Å². The summed E-state index contributed by atoms with van der Waals surface area (Å²) in [4.78, 5) is 2.50. The smallest absolute Gasteiger partial charge is 0.0540 e. The maximum Gasteiger partial charge on any atom is 0.0540 e. The zero-order chi connectivity index (χ0) is 45.2. The zero-order valence-electron chi connectivity index (χ0n) is 37.9. The van der Waals surface area contributed by atoms with Crippen molar-refractivity contribution in [2.24, 2.45) is 0 Å².